The molecule has 1 aliphatic rings. The van der Waals surface area contributed by atoms with Crippen molar-refractivity contribution in [2.24, 2.45) is 12.5 Å². The summed E-state index contributed by atoms with van der Waals surface area (Å²) in [6.45, 7) is 0. The summed E-state index contributed by atoms with van der Waals surface area (Å²) in [4.78, 5) is 15.7. The average molecular weight is 290 g/mol. The molecule has 1 N–H and O–H groups in total. The highest BCUT2D eigenvalue weighted by Gasteiger charge is 2.37. The number of aromatic nitrogens is 2. The Balaban J connectivity index is 1.96. The third-order valence-corrected chi connectivity index (χ3v) is 4.66. The van der Waals surface area contributed by atoms with Gasteiger partial charge in [-0.15, -0.1) is 0 Å². The van der Waals surface area contributed by atoms with Gasteiger partial charge in [-0.2, -0.15) is 0 Å². The molecule has 1 heterocycles. The summed E-state index contributed by atoms with van der Waals surface area (Å²) in [6.07, 6.45) is 4.84. The summed E-state index contributed by atoms with van der Waals surface area (Å²) < 4.78 is 15.3. The molecule has 1 fully saturated rings. The first-order chi connectivity index (χ1) is 9.99. The molecule has 4 nitrogen and oxygen atoms in total. The maximum absolute atomic E-state index is 13.3. The van der Waals surface area contributed by atoms with Crippen molar-refractivity contribution < 1.29 is 14.3 Å². The van der Waals surface area contributed by atoms with Crippen molar-refractivity contribution in [2.45, 2.75) is 38.5 Å². The van der Waals surface area contributed by atoms with Crippen LogP contribution in [0.15, 0.2) is 18.2 Å². The van der Waals surface area contributed by atoms with Crippen LogP contribution in [0, 0.1) is 11.2 Å². The van der Waals surface area contributed by atoms with Crippen molar-refractivity contribution in [2.75, 3.05) is 0 Å². The van der Waals surface area contributed by atoms with Crippen LogP contribution < -0.4 is 0 Å². The number of fused-ring (bicyclic) bond motifs is 1. The molecule has 0 spiro atoms. The van der Waals surface area contributed by atoms with Crippen molar-refractivity contribution in [3.05, 3.63) is 29.8 Å². The van der Waals surface area contributed by atoms with Gasteiger partial charge in [0.15, 0.2) is 0 Å². The van der Waals surface area contributed by atoms with Gasteiger partial charge >= 0.3 is 5.97 Å². The third-order valence-electron chi connectivity index (χ3n) is 4.66. The Morgan fingerprint density at radius 1 is 1.43 bits per heavy atom. The van der Waals surface area contributed by atoms with Gasteiger partial charge in [0.2, 0.25) is 0 Å². The van der Waals surface area contributed by atoms with Gasteiger partial charge in [0.1, 0.15) is 11.6 Å². The van der Waals surface area contributed by atoms with Crippen LogP contribution in [0.3, 0.4) is 0 Å². The number of hydrogen-bond donors (Lipinski definition) is 1. The minimum Gasteiger partial charge on any atom is -0.481 e. The third kappa shape index (κ3) is 2.64. The molecule has 0 radical (unpaired) electrons. The molecule has 21 heavy (non-hydrogen) atoms. The molecule has 0 aliphatic heterocycles. The largest absolute Gasteiger partial charge is 0.481 e. The number of benzene rings is 1. The molecule has 0 bridgehead atoms. The smallest absolute Gasteiger partial charge is 0.303 e. The van der Waals surface area contributed by atoms with Crippen LogP contribution in [-0.4, -0.2) is 20.6 Å². The summed E-state index contributed by atoms with van der Waals surface area (Å²) in [5.41, 5.74) is 1.32. The van der Waals surface area contributed by atoms with Gasteiger partial charge in [-0.25, -0.2) is 9.37 Å². The van der Waals surface area contributed by atoms with Crippen LogP contribution in [0.1, 0.15) is 37.9 Å². The Bertz CT molecular complexity index is 687. The van der Waals surface area contributed by atoms with Gasteiger partial charge in [-0.1, -0.05) is 12.8 Å². The zero-order chi connectivity index (χ0) is 15.0. The van der Waals surface area contributed by atoms with Crippen molar-refractivity contribution >= 4 is 17.0 Å². The SMILES string of the molecule is Cn1c(CC2(CC(=O)O)CCCC2)nc2cc(F)ccc21. The number of aliphatic carboxylic acids is 1. The highest BCUT2D eigenvalue weighted by atomic mass is 19.1. The normalized spacial score (nSPS) is 17.4. The number of carboxylic acids is 1. The first-order valence-electron chi connectivity index (χ1n) is 7.32. The summed E-state index contributed by atoms with van der Waals surface area (Å²) in [5.74, 6) is -0.200. The monoisotopic (exact) mass is 290 g/mol. The van der Waals surface area contributed by atoms with Crippen LogP contribution >= 0.6 is 0 Å². The molecule has 0 amide bonds. The van der Waals surface area contributed by atoms with E-state index < -0.39 is 5.97 Å². The lowest BCUT2D eigenvalue weighted by Crippen LogP contribution is -2.25. The van der Waals surface area contributed by atoms with Crippen LogP contribution in [0.5, 0.6) is 0 Å². The number of hydrogen-bond acceptors (Lipinski definition) is 2. The maximum Gasteiger partial charge on any atom is 0.303 e. The van der Waals surface area contributed by atoms with Crippen molar-refractivity contribution in [3.8, 4) is 0 Å². The lowest BCUT2D eigenvalue weighted by molar-refractivity contribution is -0.139. The van der Waals surface area contributed by atoms with Gasteiger partial charge in [0.25, 0.3) is 0 Å². The van der Waals surface area contributed by atoms with E-state index in [0.29, 0.717) is 11.9 Å². The van der Waals surface area contributed by atoms with E-state index in [4.69, 9.17) is 0 Å². The zero-order valence-corrected chi connectivity index (χ0v) is 12.1. The predicted octanol–water partition coefficient (Wildman–Crippen LogP) is 3.29. The lowest BCUT2D eigenvalue weighted by atomic mass is 9.79. The molecule has 5 heteroatoms. The Kier molecular flexibility index (Phi) is 3.43. The first-order valence-corrected chi connectivity index (χ1v) is 7.32. The second kappa shape index (κ2) is 5.13. The first kappa shape index (κ1) is 14.0. The van der Waals surface area contributed by atoms with Gasteiger partial charge in [-0.05, 0) is 30.4 Å². The highest BCUT2D eigenvalue weighted by molar-refractivity contribution is 5.76. The number of rotatable bonds is 4. The van der Waals surface area contributed by atoms with E-state index in [0.717, 1.165) is 37.0 Å². The summed E-state index contributed by atoms with van der Waals surface area (Å²) in [6, 6.07) is 4.58. The molecule has 1 saturated carbocycles. The minimum atomic E-state index is -0.748. The van der Waals surface area contributed by atoms with Gasteiger partial charge in [0, 0.05) is 19.5 Å². The van der Waals surface area contributed by atoms with E-state index in [9.17, 15) is 14.3 Å². The second-order valence-electron chi connectivity index (χ2n) is 6.17. The van der Waals surface area contributed by atoms with E-state index in [1.165, 1.54) is 12.1 Å². The fourth-order valence-electron chi connectivity index (χ4n) is 3.58. The molecule has 0 saturated heterocycles. The molecular formula is C16H19FN2O2. The molecular weight excluding hydrogens is 271 g/mol. The molecule has 3 rings (SSSR count). The van der Waals surface area contributed by atoms with Crippen molar-refractivity contribution in [3.63, 3.8) is 0 Å². The van der Waals surface area contributed by atoms with E-state index >= 15 is 0 Å². The molecule has 1 aliphatic carbocycles. The predicted molar refractivity (Wildman–Crippen MR) is 77.5 cm³/mol. The summed E-state index contributed by atoms with van der Waals surface area (Å²) in [7, 11) is 1.91. The molecule has 1 aromatic heterocycles. The number of aryl methyl sites for hydroxylation is 1. The molecule has 2 aromatic rings. The van der Waals surface area contributed by atoms with Gasteiger partial charge in [-0.3, -0.25) is 4.79 Å². The highest BCUT2D eigenvalue weighted by Crippen LogP contribution is 2.43. The average Bonchev–Trinajstić information content (AvgIpc) is 2.95. The fourth-order valence-corrected chi connectivity index (χ4v) is 3.58. The Morgan fingerprint density at radius 3 is 2.81 bits per heavy atom. The summed E-state index contributed by atoms with van der Waals surface area (Å²) in [5, 5.41) is 9.19. The Hall–Kier alpha value is -1.91. The van der Waals surface area contributed by atoms with Crippen molar-refractivity contribution in [1.29, 1.82) is 0 Å². The molecule has 1 aromatic carbocycles. The van der Waals surface area contributed by atoms with E-state index in [1.807, 2.05) is 11.6 Å². The maximum atomic E-state index is 13.3. The Morgan fingerprint density at radius 2 is 2.14 bits per heavy atom. The van der Waals surface area contributed by atoms with Crippen LogP contribution in [-0.2, 0) is 18.3 Å². The Labute approximate surface area is 122 Å². The molecule has 0 atom stereocenters. The fraction of sp³-hybridized carbons (Fsp3) is 0.500. The van der Waals surface area contributed by atoms with Gasteiger partial charge in [0.05, 0.1) is 17.5 Å². The van der Waals surface area contributed by atoms with E-state index in [2.05, 4.69) is 4.98 Å². The second-order valence-corrected chi connectivity index (χ2v) is 6.17. The van der Waals surface area contributed by atoms with Crippen LogP contribution in [0.4, 0.5) is 4.39 Å². The number of carbonyl (C=O) groups is 1. The number of halogens is 1. The lowest BCUT2D eigenvalue weighted by Gasteiger charge is -2.26. The minimum absolute atomic E-state index is 0.185. The molecule has 112 valence electrons. The number of imidazole rings is 1. The molecule has 0 unspecified atom stereocenters. The van der Waals surface area contributed by atoms with Crippen LogP contribution in [0.2, 0.25) is 0 Å². The van der Waals surface area contributed by atoms with E-state index in [-0.39, 0.29) is 17.7 Å². The topological polar surface area (TPSA) is 55.1 Å². The van der Waals surface area contributed by atoms with Gasteiger partial charge < -0.3 is 9.67 Å². The summed E-state index contributed by atoms with van der Waals surface area (Å²) >= 11 is 0. The van der Waals surface area contributed by atoms with Crippen molar-refractivity contribution in [1.82, 2.24) is 9.55 Å². The number of carboxylic acid groups (broad SMARTS) is 1. The van der Waals surface area contributed by atoms with E-state index in [1.54, 1.807) is 6.07 Å². The zero-order valence-electron chi connectivity index (χ0n) is 12.1. The number of nitrogens with zero attached hydrogens (tertiary/aromatic N) is 2. The quantitative estimate of drug-likeness (QED) is 0.940. The standard InChI is InChI=1S/C16H19FN2O2/c1-19-13-5-4-11(17)8-12(13)18-14(19)9-16(10-15(20)21)6-2-3-7-16/h4-5,8H,2-3,6-7,9-10H2,1H3,(H,20,21). The van der Waals surface area contributed by atoms with Crippen LogP contribution in [0.25, 0.3) is 11.0 Å².